The second kappa shape index (κ2) is 45.6. The summed E-state index contributed by atoms with van der Waals surface area (Å²) >= 11 is 0. The zero-order chi connectivity index (χ0) is 75.6. The number of amides is 12. The molecule has 1 aliphatic heterocycles. The highest BCUT2D eigenvalue weighted by Crippen LogP contribution is 2.18. The Morgan fingerprint density at radius 2 is 0.929 bits per heavy atom. The normalized spacial score (nSPS) is 23.7. The number of aliphatic hydroxyl groups excluding tert-OH is 2. The first-order valence-electron chi connectivity index (χ1n) is 34.8. The number of ether oxygens (including phenoxy) is 1. The van der Waals surface area contributed by atoms with Crippen molar-refractivity contribution in [2.45, 2.75) is 291 Å². The van der Waals surface area contributed by atoms with E-state index in [9.17, 15) is 87.5 Å². The van der Waals surface area contributed by atoms with Gasteiger partial charge in [0.1, 0.15) is 72.6 Å². The number of aliphatic hydroxyl groups is 2. The second-order valence-corrected chi connectivity index (χ2v) is 28.0. The van der Waals surface area contributed by atoms with Crippen LogP contribution in [0.4, 0.5) is 0 Å². The summed E-state index contributed by atoms with van der Waals surface area (Å²) < 4.78 is 5.79. The van der Waals surface area contributed by atoms with Crippen LogP contribution in [0.1, 0.15) is 213 Å². The van der Waals surface area contributed by atoms with E-state index < -0.39 is 218 Å². The standard InChI is InChI=1S/C67H116N12O20/c1-15-17-18-19-20-21-41(81)31-52(83)69-44(26-34(3)4)58(89)75-49(32-54(86)87)63(94)79-56-40(14)99-67(98)43(23-25-53(84)85)71-65(96)55(39(13)16-2)78-62(93)48(30-38(11)12)72-57(88)42(22-24-51(68)82)70-59(90)45(27-35(5)6)74-64(95)50(33-80)77-61(92)46(28-36(7)8)73-60(91)47(29-37(9)10)76-66(56)97/h34-50,55-56,80-81H,15-33H2,1-14H3,(H2,68,82)(H,69,83)(H,70,90)(H,71,96)(H,72,88)(H,73,91)(H,74,95)(H,75,89)(H,76,97)(H,77,92)(H,78,93)(H,79,94)(H,84,85)(H,86,87)/t39-,40+,41-,42+,43-,44+,45-,46+,47+,48-,49+,50+,55-,56+/m0/s1. The van der Waals surface area contributed by atoms with Crippen LogP contribution in [0, 0.1) is 35.5 Å². The molecule has 12 amide bonds. The number of rotatable bonds is 34. The van der Waals surface area contributed by atoms with E-state index in [4.69, 9.17) is 10.5 Å². The fourth-order valence-electron chi connectivity index (χ4n) is 10.8. The number of carboxylic acids is 2. The zero-order valence-corrected chi connectivity index (χ0v) is 60.3. The Bertz CT molecular complexity index is 2710. The number of carbonyl (C=O) groups excluding carboxylic acids is 13. The van der Waals surface area contributed by atoms with Crippen LogP contribution in [0.5, 0.6) is 0 Å². The highest BCUT2D eigenvalue weighted by Gasteiger charge is 2.41. The van der Waals surface area contributed by atoms with Gasteiger partial charge >= 0.3 is 17.9 Å². The topological polar surface area (TPSA) is 505 Å². The summed E-state index contributed by atoms with van der Waals surface area (Å²) in [6.45, 7) is 22.3. The molecule has 14 atom stereocenters. The van der Waals surface area contributed by atoms with Gasteiger partial charge in [0.05, 0.1) is 25.6 Å². The van der Waals surface area contributed by atoms with Gasteiger partial charge in [-0.05, 0) is 93.8 Å². The Labute approximate surface area is 581 Å². The quantitative estimate of drug-likeness (QED) is 0.0303. The largest absolute Gasteiger partial charge is 0.481 e. The highest BCUT2D eigenvalue weighted by molar-refractivity contribution is 6.00. The van der Waals surface area contributed by atoms with E-state index >= 15 is 4.79 Å². The molecule has 1 saturated heterocycles. The lowest BCUT2D eigenvalue weighted by molar-refractivity contribution is -0.156. The molecule has 99 heavy (non-hydrogen) atoms. The van der Waals surface area contributed by atoms with Gasteiger partial charge < -0.3 is 89.4 Å². The van der Waals surface area contributed by atoms with Crippen LogP contribution in [0.15, 0.2) is 0 Å². The molecule has 1 fully saturated rings. The fraction of sp³-hybridized carbons (Fsp3) is 0.776. The average molecular weight is 1410 g/mol. The maximum atomic E-state index is 15.0. The zero-order valence-electron chi connectivity index (χ0n) is 60.3. The van der Waals surface area contributed by atoms with Gasteiger partial charge in [0.2, 0.25) is 70.9 Å². The van der Waals surface area contributed by atoms with Gasteiger partial charge in [0.25, 0.3) is 0 Å². The molecule has 32 heteroatoms. The molecular weight excluding hydrogens is 1290 g/mol. The summed E-state index contributed by atoms with van der Waals surface area (Å²) in [7, 11) is 0. The second-order valence-electron chi connectivity index (χ2n) is 28.0. The summed E-state index contributed by atoms with van der Waals surface area (Å²) in [6.07, 6.45) is -2.53. The molecular formula is C67H116N12O20. The Hall–Kier alpha value is -8.03. The SMILES string of the molecule is CCCCCCC[C@H](O)CC(=O)N[C@H](CC(C)C)C(=O)N[C@H](CC(=O)O)C(=O)N[C@H]1C(=O)N[C@H](CC(C)C)C(=O)N[C@H](CC(C)C)C(=O)N[C@H](CO)C(=O)N[C@@H](CC(C)C)C(=O)N[C@H](CCC(N)=O)C(=O)N[C@@H](CC(C)C)C(=O)N[C@@H]([C@@H](C)CC)C(=O)N[C@@H](CCC(=O)O)C(=O)O[C@@H]1C. The van der Waals surface area contributed by atoms with Gasteiger partial charge in [-0.15, -0.1) is 0 Å². The third-order valence-electron chi connectivity index (χ3n) is 16.3. The number of carbonyl (C=O) groups is 15. The van der Waals surface area contributed by atoms with Gasteiger partial charge in [-0.3, -0.25) is 67.1 Å². The van der Waals surface area contributed by atoms with E-state index in [0.717, 1.165) is 32.6 Å². The van der Waals surface area contributed by atoms with Crippen molar-refractivity contribution in [1.29, 1.82) is 0 Å². The molecule has 1 aliphatic rings. The van der Waals surface area contributed by atoms with Crippen molar-refractivity contribution in [3.63, 3.8) is 0 Å². The van der Waals surface area contributed by atoms with Crippen LogP contribution in [-0.4, -0.2) is 194 Å². The number of primary amides is 1. The molecule has 17 N–H and O–H groups in total. The minimum absolute atomic E-state index is 0.0402. The minimum Gasteiger partial charge on any atom is -0.481 e. The molecule has 1 rings (SSSR count). The summed E-state index contributed by atoms with van der Waals surface area (Å²) in [4.78, 5) is 209. The van der Waals surface area contributed by atoms with Gasteiger partial charge in [-0.2, -0.15) is 0 Å². The molecule has 32 nitrogen and oxygen atoms in total. The molecule has 0 radical (unpaired) electrons. The van der Waals surface area contributed by atoms with Crippen LogP contribution < -0.4 is 64.2 Å². The van der Waals surface area contributed by atoms with Crippen molar-refractivity contribution in [2.24, 2.45) is 41.2 Å². The summed E-state index contributed by atoms with van der Waals surface area (Å²) in [6, 6.07) is -18.6. The Balaban J connectivity index is 4.38. The summed E-state index contributed by atoms with van der Waals surface area (Å²) in [5.74, 6) is -19.5. The lowest BCUT2D eigenvalue weighted by atomic mass is 9.96. The van der Waals surface area contributed by atoms with Gasteiger partial charge in [0.15, 0.2) is 0 Å². The summed E-state index contributed by atoms with van der Waals surface area (Å²) in [5.41, 5.74) is 5.48. The van der Waals surface area contributed by atoms with Crippen LogP contribution in [-0.2, 0) is 76.7 Å². The first-order chi connectivity index (χ1) is 46.2. The molecule has 0 unspecified atom stereocenters. The molecule has 0 aromatic carbocycles. The molecule has 0 aliphatic carbocycles. The van der Waals surface area contributed by atoms with Crippen LogP contribution in [0.25, 0.3) is 0 Å². The van der Waals surface area contributed by atoms with Crippen molar-refractivity contribution >= 4 is 88.8 Å². The number of cyclic esters (lactones) is 1. The maximum absolute atomic E-state index is 15.0. The molecule has 0 aromatic rings. The number of aliphatic carboxylic acids is 2. The predicted molar refractivity (Wildman–Crippen MR) is 362 cm³/mol. The number of nitrogens with one attached hydrogen (secondary N) is 11. The van der Waals surface area contributed by atoms with E-state index in [2.05, 4.69) is 65.4 Å². The summed E-state index contributed by atoms with van der Waals surface area (Å²) in [5, 5.41) is 68.7. The predicted octanol–water partition coefficient (Wildman–Crippen LogP) is 0.250. The van der Waals surface area contributed by atoms with Crippen LogP contribution in [0.2, 0.25) is 0 Å². The number of esters is 1. The van der Waals surface area contributed by atoms with Crippen LogP contribution >= 0.6 is 0 Å². The van der Waals surface area contributed by atoms with Crippen molar-refractivity contribution < 1.29 is 97.1 Å². The monoisotopic (exact) mass is 1410 g/mol. The third kappa shape index (κ3) is 35.0. The number of hydrogen-bond acceptors (Lipinski definition) is 18. The molecule has 0 bridgehead atoms. The van der Waals surface area contributed by atoms with E-state index in [1.807, 2.05) is 0 Å². The van der Waals surface area contributed by atoms with Gasteiger partial charge in [0, 0.05) is 12.8 Å². The van der Waals surface area contributed by atoms with Crippen molar-refractivity contribution in [3.05, 3.63) is 0 Å². The Morgan fingerprint density at radius 3 is 1.37 bits per heavy atom. The van der Waals surface area contributed by atoms with E-state index in [1.165, 1.54) is 0 Å². The fourth-order valence-corrected chi connectivity index (χ4v) is 10.8. The highest BCUT2D eigenvalue weighted by atomic mass is 16.5. The van der Waals surface area contributed by atoms with Crippen molar-refractivity contribution in [3.8, 4) is 0 Å². The van der Waals surface area contributed by atoms with Gasteiger partial charge in [-0.25, -0.2) is 4.79 Å². The molecule has 0 saturated carbocycles. The van der Waals surface area contributed by atoms with Crippen molar-refractivity contribution in [1.82, 2.24) is 58.5 Å². The lowest BCUT2D eigenvalue weighted by Gasteiger charge is -2.31. The van der Waals surface area contributed by atoms with Gasteiger partial charge in [-0.1, -0.05) is 129 Å². The minimum atomic E-state index is -2.18. The smallest absolute Gasteiger partial charge is 0.329 e. The van der Waals surface area contributed by atoms with E-state index in [1.54, 1.807) is 83.1 Å². The molecule has 0 spiro atoms. The molecule has 564 valence electrons. The third-order valence-corrected chi connectivity index (χ3v) is 16.3. The Morgan fingerprint density at radius 1 is 0.495 bits per heavy atom. The van der Waals surface area contributed by atoms with E-state index in [0.29, 0.717) is 12.8 Å². The van der Waals surface area contributed by atoms with Crippen molar-refractivity contribution in [2.75, 3.05) is 6.61 Å². The molecule has 1 heterocycles. The Kier molecular flexibility index (Phi) is 41.0. The number of hydrogen-bond donors (Lipinski definition) is 16. The van der Waals surface area contributed by atoms with Crippen LogP contribution in [0.3, 0.4) is 0 Å². The number of nitrogens with two attached hydrogens (primary N) is 1. The van der Waals surface area contributed by atoms with E-state index in [-0.39, 0.29) is 68.6 Å². The lowest BCUT2D eigenvalue weighted by Crippen LogP contribution is -2.63. The first kappa shape index (κ1) is 89.0. The average Bonchev–Trinajstić information content (AvgIpc) is 0.864. The number of carboxylic acid groups (broad SMARTS) is 2. The number of unbranched alkanes of at least 4 members (excludes halogenated alkanes) is 4. The first-order valence-corrected chi connectivity index (χ1v) is 34.8. The maximum Gasteiger partial charge on any atom is 0.329 e. The molecule has 0 aromatic heterocycles.